The molecule has 1 aromatic rings. The van der Waals surface area contributed by atoms with Crippen LogP contribution in [0.5, 0.6) is 5.75 Å². The number of aliphatic hydroxyl groups is 2. The van der Waals surface area contributed by atoms with Gasteiger partial charge < -0.3 is 20.1 Å². The van der Waals surface area contributed by atoms with E-state index in [-0.39, 0.29) is 11.1 Å². The van der Waals surface area contributed by atoms with E-state index < -0.39 is 24.6 Å². The number of aliphatic hydroxyl groups excluding tert-OH is 2. The molecule has 96 valence electrons. The molecule has 2 unspecified atom stereocenters. The lowest BCUT2D eigenvalue weighted by atomic mass is 10.00. The molecule has 0 aliphatic rings. The van der Waals surface area contributed by atoms with Crippen LogP contribution in [0, 0.1) is 11.3 Å². The molecule has 0 bridgehead atoms. The number of carboxylic acids is 1. The Morgan fingerprint density at radius 2 is 2.17 bits per heavy atom. The Balaban J connectivity index is 2.96. The fraction of sp³-hybridized carbons (Fsp3) is 0.333. The Morgan fingerprint density at radius 1 is 1.50 bits per heavy atom. The molecule has 0 radical (unpaired) electrons. The third-order valence-corrected chi connectivity index (χ3v) is 2.43. The lowest BCUT2D eigenvalue weighted by molar-refractivity contribution is -0.141. The van der Waals surface area contributed by atoms with Gasteiger partial charge in [-0.1, -0.05) is 6.07 Å². The highest BCUT2D eigenvalue weighted by molar-refractivity contribution is 5.67. The van der Waals surface area contributed by atoms with Crippen LogP contribution in [-0.4, -0.2) is 34.5 Å². The van der Waals surface area contributed by atoms with Crippen molar-refractivity contribution in [3.05, 3.63) is 29.3 Å². The third kappa shape index (κ3) is 3.20. The summed E-state index contributed by atoms with van der Waals surface area (Å²) in [5.41, 5.74) is 0.470. The summed E-state index contributed by atoms with van der Waals surface area (Å²) < 4.78 is 4.94. The number of nitriles is 1. The van der Waals surface area contributed by atoms with Crippen LogP contribution in [0.4, 0.5) is 0 Å². The fourth-order valence-electron chi connectivity index (χ4n) is 1.51. The highest BCUT2D eigenvalue weighted by Gasteiger charge is 2.22. The Morgan fingerprint density at radius 3 is 2.67 bits per heavy atom. The number of carboxylic acid groups (broad SMARTS) is 1. The molecule has 6 nitrogen and oxygen atoms in total. The maximum atomic E-state index is 10.4. The van der Waals surface area contributed by atoms with E-state index >= 15 is 0 Å². The second kappa shape index (κ2) is 6.00. The lowest BCUT2D eigenvalue weighted by Crippen LogP contribution is -2.21. The van der Waals surface area contributed by atoms with Crippen molar-refractivity contribution in [1.82, 2.24) is 0 Å². The molecule has 0 amide bonds. The molecule has 1 rings (SSSR count). The van der Waals surface area contributed by atoms with E-state index in [4.69, 9.17) is 15.1 Å². The Kier molecular flexibility index (Phi) is 4.66. The Bertz CT molecular complexity index is 480. The topological polar surface area (TPSA) is 111 Å². The number of hydrogen-bond donors (Lipinski definition) is 3. The zero-order valence-corrected chi connectivity index (χ0v) is 9.70. The van der Waals surface area contributed by atoms with Gasteiger partial charge in [-0.25, -0.2) is 0 Å². The van der Waals surface area contributed by atoms with Crippen LogP contribution in [0.3, 0.4) is 0 Å². The van der Waals surface area contributed by atoms with Gasteiger partial charge in [0, 0.05) is 0 Å². The van der Waals surface area contributed by atoms with Crippen molar-refractivity contribution in [1.29, 1.82) is 5.26 Å². The number of ether oxygens (including phenoxy) is 1. The molecule has 2 atom stereocenters. The average molecular weight is 251 g/mol. The van der Waals surface area contributed by atoms with E-state index in [1.54, 1.807) is 0 Å². The van der Waals surface area contributed by atoms with Crippen molar-refractivity contribution in [3.8, 4) is 11.8 Å². The Hall–Kier alpha value is -2.10. The predicted octanol–water partition coefficient (Wildman–Crippen LogP) is 0.436. The van der Waals surface area contributed by atoms with E-state index in [2.05, 4.69) is 0 Å². The van der Waals surface area contributed by atoms with Gasteiger partial charge in [-0.3, -0.25) is 4.79 Å². The molecule has 0 aliphatic carbocycles. The molecule has 3 N–H and O–H groups in total. The summed E-state index contributed by atoms with van der Waals surface area (Å²) in [5.74, 6) is -0.864. The number of rotatable bonds is 5. The highest BCUT2D eigenvalue weighted by atomic mass is 16.5. The van der Waals surface area contributed by atoms with Crippen LogP contribution in [0.2, 0.25) is 0 Å². The minimum atomic E-state index is -1.43. The van der Waals surface area contributed by atoms with E-state index in [1.807, 2.05) is 6.07 Å². The van der Waals surface area contributed by atoms with Crippen molar-refractivity contribution in [2.24, 2.45) is 0 Å². The van der Waals surface area contributed by atoms with Crippen molar-refractivity contribution in [2.75, 3.05) is 7.11 Å². The van der Waals surface area contributed by atoms with E-state index in [9.17, 15) is 15.0 Å². The summed E-state index contributed by atoms with van der Waals surface area (Å²) in [5, 5.41) is 36.6. The number of benzene rings is 1. The zero-order valence-electron chi connectivity index (χ0n) is 9.70. The number of hydrogen-bond acceptors (Lipinski definition) is 5. The van der Waals surface area contributed by atoms with Gasteiger partial charge in [-0.05, 0) is 17.7 Å². The maximum Gasteiger partial charge on any atom is 0.306 e. The summed E-state index contributed by atoms with van der Waals surface area (Å²) in [7, 11) is 1.41. The normalized spacial score (nSPS) is 13.4. The number of aliphatic carboxylic acids is 1. The molecule has 6 heteroatoms. The van der Waals surface area contributed by atoms with Crippen molar-refractivity contribution in [3.63, 3.8) is 0 Å². The van der Waals surface area contributed by atoms with Crippen molar-refractivity contribution in [2.45, 2.75) is 18.6 Å². The van der Waals surface area contributed by atoms with Gasteiger partial charge in [0.1, 0.15) is 17.9 Å². The summed E-state index contributed by atoms with van der Waals surface area (Å²) in [6.45, 7) is 0. The monoisotopic (exact) mass is 251 g/mol. The van der Waals surface area contributed by atoms with Gasteiger partial charge in [-0.15, -0.1) is 0 Å². The number of carbonyl (C=O) groups is 1. The van der Waals surface area contributed by atoms with Crippen LogP contribution in [0.25, 0.3) is 0 Å². The van der Waals surface area contributed by atoms with Gasteiger partial charge in [0.05, 0.1) is 25.2 Å². The molecule has 1 aromatic carbocycles. The first-order chi connectivity index (χ1) is 8.49. The van der Waals surface area contributed by atoms with Crippen molar-refractivity contribution < 1.29 is 24.9 Å². The first kappa shape index (κ1) is 14.0. The predicted molar refractivity (Wildman–Crippen MR) is 60.9 cm³/mol. The molecule has 0 heterocycles. The fourth-order valence-corrected chi connectivity index (χ4v) is 1.51. The zero-order chi connectivity index (χ0) is 13.7. The molecule has 18 heavy (non-hydrogen) atoms. The van der Waals surface area contributed by atoms with Crippen molar-refractivity contribution >= 4 is 5.97 Å². The van der Waals surface area contributed by atoms with Gasteiger partial charge in [0.15, 0.2) is 0 Å². The largest absolute Gasteiger partial charge is 0.495 e. The first-order valence-electron chi connectivity index (χ1n) is 5.15. The standard InChI is InChI=1S/C12H13NO5/c1-18-10-3-2-7(4-8(10)6-13)12(17)9(14)5-11(15)16/h2-4,9,12,14,17H,5H2,1H3,(H,15,16). The SMILES string of the molecule is COc1ccc(C(O)C(O)CC(=O)O)cc1C#N. The summed E-state index contributed by atoms with van der Waals surface area (Å²) in [4.78, 5) is 10.4. The molecule has 0 spiro atoms. The van der Waals surface area contributed by atoms with Crippen LogP contribution in [0.15, 0.2) is 18.2 Å². The van der Waals surface area contributed by atoms with E-state index in [0.717, 1.165) is 0 Å². The van der Waals surface area contributed by atoms with Gasteiger partial charge in [0.25, 0.3) is 0 Å². The minimum absolute atomic E-state index is 0.205. The number of methoxy groups -OCH3 is 1. The number of nitrogens with zero attached hydrogens (tertiary/aromatic N) is 1. The van der Waals surface area contributed by atoms with E-state index in [1.165, 1.54) is 25.3 Å². The van der Waals surface area contributed by atoms with E-state index in [0.29, 0.717) is 5.75 Å². The molecule has 0 saturated heterocycles. The average Bonchev–Trinajstić information content (AvgIpc) is 2.36. The second-order valence-electron chi connectivity index (χ2n) is 3.68. The van der Waals surface area contributed by atoms with Crippen LogP contribution >= 0.6 is 0 Å². The Labute approximate surface area is 104 Å². The highest BCUT2D eigenvalue weighted by Crippen LogP contribution is 2.25. The molecular formula is C12H13NO5. The van der Waals surface area contributed by atoms with Gasteiger partial charge >= 0.3 is 5.97 Å². The molecule has 0 fully saturated rings. The maximum absolute atomic E-state index is 10.4. The van der Waals surface area contributed by atoms with Crippen LogP contribution in [-0.2, 0) is 4.79 Å². The molecular weight excluding hydrogens is 238 g/mol. The minimum Gasteiger partial charge on any atom is -0.495 e. The third-order valence-electron chi connectivity index (χ3n) is 2.43. The molecule has 0 aliphatic heterocycles. The van der Waals surface area contributed by atoms with Crippen LogP contribution in [0.1, 0.15) is 23.7 Å². The van der Waals surface area contributed by atoms with Gasteiger partial charge in [-0.2, -0.15) is 5.26 Å². The quantitative estimate of drug-likeness (QED) is 0.700. The molecule has 0 saturated carbocycles. The summed E-state index contributed by atoms with van der Waals surface area (Å²) in [6, 6.07) is 6.19. The molecule has 0 aromatic heterocycles. The smallest absolute Gasteiger partial charge is 0.306 e. The second-order valence-corrected chi connectivity index (χ2v) is 3.68. The van der Waals surface area contributed by atoms with Crippen LogP contribution < -0.4 is 4.74 Å². The first-order valence-corrected chi connectivity index (χ1v) is 5.15. The summed E-state index contributed by atoms with van der Waals surface area (Å²) in [6.07, 6.45) is -3.36. The summed E-state index contributed by atoms with van der Waals surface area (Å²) >= 11 is 0. The van der Waals surface area contributed by atoms with Gasteiger partial charge in [0.2, 0.25) is 0 Å². The lowest BCUT2D eigenvalue weighted by Gasteiger charge is -2.17.